The molecule has 1 aromatic carbocycles. The summed E-state index contributed by atoms with van der Waals surface area (Å²) in [7, 11) is 1.52. The summed E-state index contributed by atoms with van der Waals surface area (Å²) in [5, 5.41) is 1.85. The first-order chi connectivity index (χ1) is 11.5. The van der Waals surface area contributed by atoms with Gasteiger partial charge in [0.15, 0.2) is 17.3 Å². The molecule has 2 aromatic rings. The van der Waals surface area contributed by atoms with Gasteiger partial charge in [-0.3, -0.25) is 9.59 Å². The first kappa shape index (κ1) is 18.0. The summed E-state index contributed by atoms with van der Waals surface area (Å²) >= 11 is 1.37. The molecule has 0 N–H and O–H groups in total. The first-order valence-electron chi connectivity index (χ1n) is 7.74. The van der Waals surface area contributed by atoms with Gasteiger partial charge in [0.05, 0.1) is 24.3 Å². The van der Waals surface area contributed by atoms with Crippen LogP contribution < -0.4 is 14.4 Å². The van der Waals surface area contributed by atoms with Crippen LogP contribution in [0.1, 0.15) is 40.8 Å². The third kappa shape index (κ3) is 3.59. The van der Waals surface area contributed by atoms with Gasteiger partial charge in [0.25, 0.3) is 5.91 Å². The fourth-order valence-electron chi connectivity index (χ4n) is 2.44. The van der Waals surface area contributed by atoms with Crippen molar-refractivity contribution in [1.82, 2.24) is 0 Å². The van der Waals surface area contributed by atoms with Crippen LogP contribution in [0.3, 0.4) is 0 Å². The summed E-state index contributed by atoms with van der Waals surface area (Å²) in [6.45, 7) is 6.11. The molecule has 0 bridgehead atoms. The molecule has 0 fully saturated rings. The maximum atomic E-state index is 12.8. The topological polar surface area (TPSA) is 55.8 Å². The normalized spacial score (nSPS) is 10.3. The van der Waals surface area contributed by atoms with Gasteiger partial charge in [-0.05, 0) is 38.3 Å². The molecule has 128 valence electrons. The number of carbonyl (C=O) groups excluding carboxylic acids is 2. The second-order valence-electron chi connectivity index (χ2n) is 5.04. The minimum atomic E-state index is -0.136. The number of Topliss-reactive ketones (excluding diaryl/α,β-unsaturated/α-hetero) is 1. The Morgan fingerprint density at radius 3 is 2.46 bits per heavy atom. The number of nitrogens with zero attached hydrogens (tertiary/aromatic N) is 1. The number of rotatable bonds is 7. The van der Waals surface area contributed by atoms with Crippen LogP contribution in [0.4, 0.5) is 5.69 Å². The molecule has 0 aliphatic rings. The van der Waals surface area contributed by atoms with Crippen molar-refractivity contribution in [2.75, 3.05) is 25.2 Å². The Kier molecular flexibility index (Phi) is 5.98. The fourth-order valence-corrected chi connectivity index (χ4v) is 3.11. The highest BCUT2D eigenvalue weighted by atomic mass is 32.1. The van der Waals surface area contributed by atoms with Crippen LogP contribution in [-0.4, -0.2) is 32.0 Å². The third-order valence-electron chi connectivity index (χ3n) is 3.55. The van der Waals surface area contributed by atoms with Gasteiger partial charge in [-0.15, -0.1) is 11.3 Å². The highest BCUT2D eigenvalue weighted by Gasteiger charge is 2.24. The van der Waals surface area contributed by atoms with E-state index >= 15 is 0 Å². The lowest BCUT2D eigenvalue weighted by atomic mass is 10.1. The summed E-state index contributed by atoms with van der Waals surface area (Å²) < 4.78 is 10.9. The molecule has 1 aromatic heterocycles. The van der Waals surface area contributed by atoms with Crippen molar-refractivity contribution in [3.8, 4) is 11.5 Å². The summed E-state index contributed by atoms with van der Waals surface area (Å²) in [6, 6.07) is 6.94. The Labute approximate surface area is 145 Å². The molecule has 0 aliphatic heterocycles. The number of methoxy groups -OCH3 is 1. The van der Waals surface area contributed by atoms with Crippen LogP contribution in [0.5, 0.6) is 11.5 Å². The first-order valence-corrected chi connectivity index (χ1v) is 8.62. The number of anilines is 1. The molecule has 0 saturated carbocycles. The van der Waals surface area contributed by atoms with E-state index in [1.165, 1.54) is 25.4 Å². The predicted octanol–water partition coefficient (Wildman–Crippen LogP) is 4.02. The van der Waals surface area contributed by atoms with Crippen molar-refractivity contribution in [2.24, 2.45) is 0 Å². The van der Waals surface area contributed by atoms with Gasteiger partial charge in [0, 0.05) is 18.2 Å². The number of hydrogen-bond acceptors (Lipinski definition) is 5. The zero-order valence-corrected chi connectivity index (χ0v) is 15.1. The smallest absolute Gasteiger partial charge is 0.268 e. The van der Waals surface area contributed by atoms with Crippen molar-refractivity contribution in [2.45, 2.75) is 20.8 Å². The van der Waals surface area contributed by atoms with E-state index in [2.05, 4.69) is 0 Å². The molecule has 2 rings (SSSR count). The van der Waals surface area contributed by atoms with Crippen molar-refractivity contribution in [1.29, 1.82) is 0 Å². The predicted molar refractivity (Wildman–Crippen MR) is 95.8 cm³/mol. The molecule has 1 amide bonds. The zero-order chi connectivity index (χ0) is 17.7. The van der Waals surface area contributed by atoms with Crippen LogP contribution in [0.2, 0.25) is 0 Å². The Hall–Kier alpha value is -2.34. The number of benzene rings is 1. The molecule has 0 unspecified atom stereocenters. The molecule has 1 heterocycles. The fraction of sp³-hybridized carbons (Fsp3) is 0.333. The Morgan fingerprint density at radius 1 is 1.21 bits per heavy atom. The molecule has 0 radical (unpaired) electrons. The minimum Gasteiger partial charge on any atom is -0.493 e. The SMILES string of the molecule is CCOc1cc(N(CC)C(=O)c2cccs2)c(C(C)=O)cc1OC. The van der Waals surface area contributed by atoms with E-state index in [-0.39, 0.29) is 11.7 Å². The van der Waals surface area contributed by atoms with E-state index in [4.69, 9.17) is 9.47 Å². The Bertz CT molecular complexity index is 725. The molecular weight excluding hydrogens is 326 g/mol. The minimum absolute atomic E-state index is 0.135. The van der Waals surface area contributed by atoms with E-state index in [1.54, 1.807) is 23.1 Å². The number of ether oxygens (including phenoxy) is 2. The van der Waals surface area contributed by atoms with Gasteiger partial charge in [-0.1, -0.05) is 6.07 Å². The van der Waals surface area contributed by atoms with Gasteiger partial charge in [-0.25, -0.2) is 0 Å². The van der Waals surface area contributed by atoms with Crippen LogP contribution in [0, 0.1) is 0 Å². The number of thiophene rings is 1. The molecule has 0 spiro atoms. The lowest BCUT2D eigenvalue weighted by Crippen LogP contribution is -2.31. The van der Waals surface area contributed by atoms with Gasteiger partial charge in [0.2, 0.25) is 0 Å². The van der Waals surface area contributed by atoms with Crippen LogP contribution in [0.15, 0.2) is 29.6 Å². The van der Waals surface area contributed by atoms with E-state index in [0.29, 0.717) is 40.8 Å². The highest BCUT2D eigenvalue weighted by molar-refractivity contribution is 7.12. The quantitative estimate of drug-likeness (QED) is 0.710. The monoisotopic (exact) mass is 347 g/mol. The van der Waals surface area contributed by atoms with Crippen molar-refractivity contribution < 1.29 is 19.1 Å². The lowest BCUT2D eigenvalue weighted by molar-refractivity contribution is 0.0992. The largest absolute Gasteiger partial charge is 0.493 e. The molecule has 0 saturated heterocycles. The number of ketones is 1. The maximum absolute atomic E-state index is 12.8. The second-order valence-corrected chi connectivity index (χ2v) is 5.98. The molecule has 24 heavy (non-hydrogen) atoms. The molecule has 0 aliphatic carbocycles. The standard InChI is InChI=1S/C18H21NO4S/c1-5-19(18(21)17-8-7-9-24-17)14-11-16(23-6-2)15(22-4)10-13(14)12(3)20/h7-11H,5-6H2,1-4H3. The van der Waals surface area contributed by atoms with Gasteiger partial charge >= 0.3 is 0 Å². The van der Waals surface area contributed by atoms with Gasteiger partial charge < -0.3 is 14.4 Å². The average molecular weight is 347 g/mol. The summed E-state index contributed by atoms with van der Waals surface area (Å²) in [6.07, 6.45) is 0. The van der Waals surface area contributed by atoms with Crippen LogP contribution in [-0.2, 0) is 0 Å². The van der Waals surface area contributed by atoms with Crippen LogP contribution in [0.25, 0.3) is 0 Å². The Morgan fingerprint density at radius 2 is 1.96 bits per heavy atom. The third-order valence-corrected chi connectivity index (χ3v) is 4.40. The molecule has 0 atom stereocenters. The van der Waals surface area contributed by atoms with Gasteiger partial charge in [-0.2, -0.15) is 0 Å². The molecular formula is C18H21NO4S. The van der Waals surface area contributed by atoms with Crippen molar-refractivity contribution in [3.63, 3.8) is 0 Å². The van der Waals surface area contributed by atoms with E-state index in [9.17, 15) is 9.59 Å². The van der Waals surface area contributed by atoms with E-state index in [0.717, 1.165) is 0 Å². The zero-order valence-electron chi connectivity index (χ0n) is 14.3. The lowest BCUT2D eigenvalue weighted by Gasteiger charge is -2.24. The summed E-state index contributed by atoms with van der Waals surface area (Å²) in [4.78, 5) is 27.1. The summed E-state index contributed by atoms with van der Waals surface area (Å²) in [5.74, 6) is 0.717. The maximum Gasteiger partial charge on any atom is 0.268 e. The second kappa shape index (κ2) is 7.97. The van der Waals surface area contributed by atoms with Crippen LogP contribution >= 0.6 is 11.3 Å². The number of hydrogen-bond donors (Lipinski definition) is 0. The van der Waals surface area contributed by atoms with E-state index in [1.807, 2.05) is 25.3 Å². The van der Waals surface area contributed by atoms with E-state index < -0.39 is 0 Å². The van der Waals surface area contributed by atoms with Gasteiger partial charge in [0.1, 0.15) is 0 Å². The van der Waals surface area contributed by atoms with Crippen molar-refractivity contribution >= 4 is 28.7 Å². The number of carbonyl (C=O) groups is 2. The molecule has 6 heteroatoms. The van der Waals surface area contributed by atoms with Crippen molar-refractivity contribution in [3.05, 3.63) is 40.1 Å². The average Bonchev–Trinajstić information content (AvgIpc) is 3.10. The number of amides is 1. The highest BCUT2D eigenvalue weighted by Crippen LogP contribution is 2.36. The Balaban J connectivity index is 2.58. The summed E-state index contributed by atoms with van der Waals surface area (Å²) in [5.41, 5.74) is 0.967. The molecule has 5 nitrogen and oxygen atoms in total.